The van der Waals surface area contributed by atoms with Gasteiger partial charge in [0.15, 0.2) is 0 Å². The molecular formula is C43H54N8O6. The Morgan fingerprint density at radius 1 is 0.842 bits per heavy atom. The third-order valence-corrected chi connectivity index (χ3v) is 11.8. The highest BCUT2D eigenvalue weighted by Gasteiger charge is 2.39. The van der Waals surface area contributed by atoms with Crippen LogP contribution in [0.3, 0.4) is 0 Å². The molecule has 3 aliphatic rings. The molecule has 0 bridgehead atoms. The first kappa shape index (κ1) is 39.6. The fourth-order valence-corrected chi connectivity index (χ4v) is 8.77. The molecule has 0 spiro atoms. The van der Waals surface area contributed by atoms with E-state index in [1.165, 1.54) is 12.7 Å². The van der Waals surface area contributed by atoms with Gasteiger partial charge in [-0.1, -0.05) is 76.6 Å². The van der Waals surface area contributed by atoms with E-state index in [-0.39, 0.29) is 41.7 Å². The number of methoxy groups -OCH3 is 1. The van der Waals surface area contributed by atoms with Crippen molar-refractivity contribution in [3.63, 3.8) is 0 Å². The molecule has 302 valence electrons. The van der Waals surface area contributed by atoms with Crippen molar-refractivity contribution in [1.82, 2.24) is 40.8 Å². The number of carboxylic acid groups (broad SMARTS) is 1. The number of hydrogen-bond acceptors (Lipinski definition) is 7. The van der Waals surface area contributed by atoms with Gasteiger partial charge in [0.2, 0.25) is 11.8 Å². The van der Waals surface area contributed by atoms with E-state index < -0.39 is 24.3 Å². The van der Waals surface area contributed by atoms with Crippen LogP contribution in [0.2, 0.25) is 0 Å². The molecule has 14 heteroatoms. The molecule has 1 aliphatic heterocycles. The van der Waals surface area contributed by atoms with Crippen LogP contribution in [-0.4, -0.2) is 85.7 Å². The van der Waals surface area contributed by atoms with Gasteiger partial charge < -0.3 is 40.7 Å². The number of alkyl carbamates (subject to hydrolysis) is 1. The number of amides is 4. The first-order chi connectivity index (χ1) is 27.4. The summed E-state index contributed by atoms with van der Waals surface area (Å²) in [5, 5.41) is 17.4. The van der Waals surface area contributed by atoms with Crippen molar-refractivity contribution in [3.05, 3.63) is 71.6 Å². The maximum Gasteiger partial charge on any atom is 0.407 e. The van der Waals surface area contributed by atoms with Crippen molar-refractivity contribution < 1.29 is 29.0 Å². The number of aryl methyl sites for hydroxylation is 2. The fourth-order valence-electron chi connectivity index (χ4n) is 8.77. The maximum atomic E-state index is 13.7. The minimum absolute atomic E-state index is 0.0119. The second-order valence-electron chi connectivity index (χ2n) is 16.3. The summed E-state index contributed by atoms with van der Waals surface area (Å²) in [6, 6.07) is 13.2. The Morgan fingerprint density at radius 3 is 2.30 bits per heavy atom. The molecule has 4 amide bonds. The molecule has 2 aromatic heterocycles. The third-order valence-electron chi connectivity index (χ3n) is 11.8. The number of carbonyl (C=O) groups excluding carboxylic acids is 3. The molecule has 0 radical (unpaired) electrons. The number of nitrogens with one attached hydrogen (secondary N) is 5. The van der Waals surface area contributed by atoms with Crippen LogP contribution in [0.1, 0.15) is 101 Å². The van der Waals surface area contributed by atoms with Crippen LogP contribution >= 0.6 is 0 Å². The number of aromatic nitrogens is 4. The largest absolute Gasteiger partial charge is 0.465 e. The van der Waals surface area contributed by atoms with Crippen LogP contribution in [0.4, 0.5) is 9.59 Å². The number of carbonyl (C=O) groups is 4. The van der Waals surface area contributed by atoms with Crippen LogP contribution in [0.15, 0.2) is 48.7 Å². The van der Waals surface area contributed by atoms with E-state index in [0.717, 1.165) is 102 Å². The van der Waals surface area contributed by atoms with E-state index in [9.17, 15) is 24.3 Å². The number of nitrogens with zero attached hydrogens (tertiary/aromatic N) is 3. The molecule has 14 nitrogen and oxygen atoms in total. The van der Waals surface area contributed by atoms with Gasteiger partial charge in [-0.25, -0.2) is 19.6 Å². The molecule has 6 N–H and O–H groups in total. The van der Waals surface area contributed by atoms with Crippen LogP contribution in [0.5, 0.6) is 0 Å². The Bertz CT molecular complexity index is 2110. The molecule has 7 rings (SSSR count). The minimum atomic E-state index is -1.21. The first-order valence-corrected chi connectivity index (χ1v) is 20.2. The van der Waals surface area contributed by atoms with E-state index in [2.05, 4.69) is 68.4 Å². The number of benzene rings is 2. The van der Waals surface area contributed by atoms with Crippen molar-refractivity contribution in [1.29, 1.82) is 0 Å². The normalized spacial score (nSPS) is 20.1. The van der Waals surface area contributed by atoms with E-state index in [1.807, 2.05) is 38.8 Å². The predicted molar refractivity (Wildman–Crippen MR) is 215 cm³/mol. The van der Waals surface area contributed by atoms with E-state index in [0.29, 0.717) is 6.54 Å². The molecule has 2 fully saturated rings. The lowest BCUT2D eigenvalue weighted by molar-refractivity contribution is -0.135. The maximum absolute atomic E-state index is 13.7. The third kappa shape index (κ3) is 8.40. The van der Waals surface area contributed by atoms with Gasteiger partial charge in [0, 0.05) is 24.1 Å². The van der Waals surface area contributed by atoms with Gasteiger partial charge >= 0.3 is 12.2 Å². The predicted octanol–water partition coefficient (Wildman–Crippen LogP) is 6.71. The van der Waals surface area contributed by atoms with Gasteiger partial charge in [-0.05, 0) is 79.0 Å². The van der Waals surface area contributed by atoms with Crippen molar-refractivity contribution in [2.24, 2.45) is 11.8 Å². The zero-order chi connectivity index (χ0) is 40.4. The van der Waals surface area contributed by atoms with Crippen molar-refractivity contribution in [2.45, 2.75) is 109 Å². The Balaban J connectivity index is 1.05. The second-order valence-corrected chi connectivity index (χ2v) is 16.3. The highest BCUT2D eigenvalue weighted by atomic mass is 16.5. The summed E-state index contributed by atoms with van der Waals surface area (Å²) in [4.78, 5) is 68.9. The summed E-state index contributed by atoms with van der Waals surface area (Å²) >= 11 is 0. The number of H-pyrrole nitrogens is 2. The van der Waals surface area contributed by atoms with E-state index >= 15 is 0 Å². The lowest BCUT2D eigenvalue weighted by Gasteiger charge is -2.30. The number of imidazole rings is 2. The van der Waals surface area contributed by atoms with Gasteiger partial charge in [-0.15, -0.1) is 0 Å². The average molecular weight is 779 g/mol. The van der Waals surface area contributed by atoms with Crippen molar-refractivity contribution in [2.75, 3.05) is 13.7 Å². The zero-order valence-corrected chi connectivity index (χ0v) is 33.4. The molecule has 0 unspecified atom stereocenters. The van der Waals surface area contributed by atoms with E-state index in [1.54, 1.807) is 0 Å². The Labute approximate surface area is 333 Å². The lowest BCUT2D eigenvalue weighted by atomic mass is 9.95. The number of fused-ring (bicyclic) bond motifs is 3. The number of hydrogen-bond donors (Lipinski definition) is 6. The summed E-state index contributed by atoms with van der Waals surface area (Å²) in [6.07, 6.45) is 7.03. The topological polar surface area (TPSA) is 194 Å². The van der Waals surface area contributed by atoms with Crippen LogP contribution in [0, 0.1) is 11.8 Å². The molecule has 5 atom stereocenters. The van der Waals surface area contributed by atoms with Crippen molar-refractivity contribution in [3.8, 4) is 33.6 Å². The summed E-state index contributed by atoms with van der Waals surface area (Å²) in [5.41, 5.74) is 8.55. The van der Waals surface area contributed by atoms with Crippen molar-refractivity contribution >= 4 is 24.0 Å². The summed E-state index contributed by atoms with van der Waals surface area (Å²) < 4.78 is 4.80. The minimum Gasteiger partial charge on any atom is -0.465 e. The monoisotopic (exact) mass is 778 g/mol. The van der Waals surface area contributed by atoms with E-state index in [4.69, 9.17) is 14.7 Å². The summed E-state index contributed by atoms with van der Waals surface area (Å²) in [7, 11) is 1.30. The quantitative estimate of drug-likeness (QED) is 0.0967. The lowest BCUT2D eigenvalue weighted by Crippen LogP contribution is -2.52. The Hall–Kier alpha value is -5.66. The highest BCUT2D eigenvalue weighted by molar-refractivity contribution is 5.87. The standard InChI is InChI=1S/C43H54N8O6/c1-23(2)35(49-42(54)55)40(52)47-31-11-7-10-30(31)38-44-22-33(46-38)26-16-14-25(15-17-26)27-18-19-29-28(21-27)9-6-12-32-37(29)48-39(45-32)34-13-8-20-51(34)41(53)36(24(3)4)50-43(56)57-5/h14-19,21-24,30-31,34-36,49H,6-13,20H2,1-5H3,(H,44,46)(H,45,48)(H,47,52)(H,50,56)(H,54,55)/t30-,31+,34+,35+,36+/m1/s1. The second kappa shape index (κ2) is 16.8. The van der Waals surface area contributed by atoms with Crippen LogP contribution < -0.4 is 16.0 Å². The van der Waals surface area contributed by atoms with Gasteiger partial charge in [-0.3, -0.25) is 9.59 Å². The molecule has 2 aliphatic carbocycles. The highest BCUT2D eigenvalue weighted by Crippen LogP contribution is 2.39. The first-order valence-electron chi connectivity index (χ1n) is 20.2. The zero-order valence-electron chi connectivity index (χ0n) is 33.4. The van der Waals surface area contributed by atoms with Crippen LogP contribution in [0.25, 0.3) is 33.6 Å². The summed E-state index contributed by atoms with van der Waals surface area (Å²) in [5.74, 6) is 0.911. The van der Waals surface area contributed by atoms with Gasteiger partial charge in [0.25, 0.3) is 0 Å². The molecule has 57 heavy (non-hydrogen) atoms. The fraction of sp³-hybridized carbons (Fsp3) is 0.488. The number of rotatable bonds is 11. The molecule has 4 aromatic rings. The molecule has 1 saturated heterocycles. The SMILES string of the molecule is COC(=O)N[C@H](C(=O)N1CCC[C@H]1c1nc2c([nH]1)-c1ccc(-c3ccc(-c4cnc([C@@H]5CCC[C@@H]5NC(=O)[C@@H](NC(=O)O)C(C)C)[nH]4)cc3)cc1CCC2)C(C)C. The number of likely N-dealkylation sites (tertiary alicyclic amines) is 1. The molecular weight excluding hydrogens is 725 g/mol. The molecule has 3 heterocycles. The van der Waals surface area contributed by atoms with Gasteiger partial charge in [0.1, 0.15) is 23.7 Å². The number of aromatic amines is 2. The Morgan fingerprint density at radius 2 is 1.58 bits per heavy atom. The smallest absolute Gasteiger partial charge is 0.407 e. The van der Waals surface area contributed by atoms with Gasteiger partial charge in [0.05, 0.1) is 36.4 Å². The average Bonchev–Trinajstić information content (AvgIpc) is 4.02. The molecule has 2 aromatic carbocycles. The summed E-state index contributed by atoms with van der Waals surface area (Å²) in [6.45, 7) is 8.09. The van der Waals surface area contributed by atoms with Gasteiger partial charge in [-0.2, -0.15) is 0 Å². The van der Waals surface area contributed by atoms with Crippen LogP contribution in [-0.2, 0) is 27.2 Å². The molecule has 1 saturated carbocycles. The Kier molecular flexibility index (Phi) is 11.7. The number of ether oxygens (including phenoxy) is 1.